The van der Waals surface area contributed by atoms with Crippen molar-refractivity contribution < 1.29 is 4.79 Å². The fraction of sp³-hybridized carbons (Fsp3) is 0.458. The zero-order valence-corrected chi connectivity index (χ0v) is 20.1. The molecule has 1 aromatic carbocycles. The van der Waals surface area contributed by atoms with Crippen LogP contribution in [0, 0.1) is 5.92 Å². The van der Waals surface area contributed by atoms with Crippen LogP contribution in [-0.4, -0.2) is 71.9 Å². The number of allylic oxidation sites excluding steroid dienone is 1. The zero-order valence-electron chi connectivity index (χ0n) is 18.5. The highest BCUT2D eigenvalue weighted by molar-refractivity contribution is 8.02. The minimum absolute atomic E-state index is 0.127. The molecule has 1 saturated carbocycles. The average Bonchev–Trinajstić information content (AvgIpc) is 3.43. The molecule has 1 unspecified atom stereocenters. The van der Waals surface area contributed by atoms with Gasteiger partial charge in [-0.3, -0.25) is 9.69 Å². The lowest BCUT2D eigenvalue weighted by molar-refractivity contribution is -0.129. The molecule has 0 spiro atoms. The van der Waals surface area contributed by atoms with Crippen molar-refractivity contribution in [2.24, 2.45) is 5.92 Å². The first-order valence-corrected chi connectivity index (χ1v) is 13.2. The van der Waals surface area contributed by atoms with Crippen LogP contribution in [0.15, 0.2) is 53.0 Å². The molecule has 1 atom stereocenters. The Morgan fingerprint density at radius 2 is 1.88 bits per heavy atom. The molecule has 1 aromatic rings. The summed E-state index contributed by atoms with van der Waals surface area (Å²) in [6.07, 6.45) is 5.11. The van der Waals surface area contributed by atoms with Gasteiger partial charge in [0.25, 0.3) is 5.91 Å². The fourth-order valence-electron chi connectivity index (χ4n) is 4.94. The summed E-state index contributed by atoms with van der Waals surface area (Å²) in [6, 6.07) is 8.11. The quantitative estimate of drug-likeness (QED) is 0.593. The molecule has 9 heteroatoms. The van der Waals surface area contributed by atoms with Gasteiger partial charge in [-0.1, -0.05) is 23.7 Å². The van der Waals surface area contributed by atoms with Gasteiger partial charge in [0.15, 0.2) is 0 Å². The van der Waals surface area contributed by atoms with E-state index in [0.717, 1.165) is 61.4 Å². The number of halogens is 1. The predicted molar refractivity (Wildman–Crippen MR) is 133 cm³/mol. The molecule has 1 aliphatic carbocycles. The number of nitrogens with zero attached hydrogens (tertiary/aromatic N) is 3. The second-order valence-corrected chi connectivity index (χ2v) is 10.5. The molecule has 1 saturated heterocycles. The number of carbonyl (C=O) groups is 1. The van der Waals surface area contributed by atoms with Gasteiger partial charge in [-0.25, -0.2) is 0 Å². The summed E-state index contributed by atoms with van der Waals surface area (Å²) in [7, 11) is 0. The number of benzene rings is 1. The summed E-state index contributed by atoms with van der Waals surface area (Å²) in [5.41, 5.74) is 5.76. The number of amides is 1. The van der Waals surface area contributed by atoms with Gasteiger partial charge in [0.2, 0.25) is 0 Å². The van der Waals surface area contributed by atoms with Gasteiger partial charge in [0.05, 0.1) is 23.8 Å². The van der Waals surface area contributed by atoms with Crippen LogP contribution in [0.2, 0.25) is 5.02 Å². The molecule has 5 aliphatic rings. The van der Waals surface area contributed by atoms with Crippen LogP contribution in [0.1, 0.15) is 18.4 Å². The molecule has 4 aliphatic heterocycles. The van der Waals surface area contributed by atoms with Crippen LogP contribution < -0.4 is 16.0 Å². The summed E-state index contributed by atoms with van der Waals surface area (Å²) < 4.78 is 0. The molecule has 6 rings (SSSR count). The van der Waals surface area contributed by atoms with Crippen molar-refractivity contribution in [3.8, 4) is 0 Å². The summed E-state index contributed by atoms with van der Waals surface area (Å²) in [4.78, 5) is 19.6. The number of hydrogen-bond acceptors (Lipinski definition) is 7. The van der Waals surface area contributed by atoms with Crippen LogP contribution in [0.4, 0.5) is 0 Å². The third kappa shape index (κ3) is 4.32. The molecule has 0 radical (unpaired) electrons. The molecule has 0 bridgehead atoms. The van der Waals surface area contributed by atoms with Gasteiger partial charge in [-0.2, -0.15) is 0 Å². The van der Waals surface area contributed by atoms with E-state index in [2.05, 4.69) is 44.1 Å². The summed E-state index contributed by atoms with van der Waals surface area (Å²) >= 11 is 7.81. The summed E-state index contributed by atoms with van der Waals surface area (Å²) in [5.74, 6) is 1.61. The van der Waals surface area contributed by atoms with E-state index < -0.39 is 0 Å². The molecule has 7 nitrogen and oxygen atoms in total. The Hall–Kier alpha value is -2.29. The highest BCUT2D eigenvalue weighted by Crippen LogP contribution is 2.39. The molecule has 33 heavy (non-hydrogen) atoms. The number of fused-ring (bicyclic) bond motifs is 1. The van der Waals surface area contributed by atoms with Crippen LogP contribution >= 0.6 is 23.4 Å². The number of thioether (sulfide) groups is 1. The maximum Gasteiger partial charge on any atom is 0.270 e. The number of piperazine rings is 1. The summed E-state index contributed by atoms with van der Waals surface area (Å²) in [5, 5.41) is 13.3. The van der Waals surface area contributed by atoms with E-state index in [9.17, 15) is 4.79 Å². The van der Waals surface area contributed by atoms with Crippen molar-refractivity contribution in [3.63, 3.8) is 0 Å². The van der Waals surface area contributed by atoms with Crippen molar-refractivity contribution in [1.29, 1.82) is 0 Å². The highest BCUT2D eigenvalue weighted by atomic mass is 35.5. The molecular formula is C24H29ClN6OS. The van der Waals surface area contributed by atoms with Gasteiger partial charge in [-0.15, -0.1) is 11.8 Å². The lowest BCUT2D eigenvalue weighted by Crippen LogP contribution is -2.51. The standard InChI is InChI=1S/C24H29ClN6OS/c25-18-5-3-17(4-6-18)23-21(31-12-19(16-1-2-16)26-11-22(31)28-23)13-29-7-9-30(10-8-29)24(32)20-14-33-15-27-20/h3-6,12,14,16,22,26-28H,1-2,7-11,13,15H2. The Kier molecular flexibility index (Phi) is 5.68. The second kappa shape index (κ2) is 8.81. The van der Waals surface area contributed by atoms with E-state index in [-0.39, 0.29) is 12.1 Å². The zero-order chi connectivity index (χ0) is 22.4. The van der Waals surface area contributed by atoms with Crippen LogP contribution in [-0.2, 0) is 4.79 Å². The number of nitrogens with one attached hydrogen (secondary N) is 3. The summed E-state index contributed by atoms with van der Waals surface area (Å²) in [6.45, 7) is 5.01. The number of carbonyl (C=O) groups excluding carboxylic acids is 1. The van der Waals surface area contributed by atoms with Crippen molar-refractivity contribution >= 4 is 35.0 Å². The first kappa shape index (κ1) is 21.3. The lowest BCUT2D eigenvalue weighted by Gasteiger charge is -2.37. The van der Waals surface area contributed by atoms with Crippen LogP contribution in [0.3, 0.4) is 0 Å². The first-order chi connectivity index (χ1) is 16.2. The van der Waals surface area contributed by atoms with Crippen LogP contribution in [0.5, 0.6) is 0 Å². The van der Waals surface area contributed by atoms with E-state index in [1.54, 1.807) is 11.8 Å². The molecule has 2 fully saturated rings. The molecule has 3 N–H and O–H groups in total. The Bertz CT molecular complexity index is 1030. The highest BCUT2D eigenvalue weighted by Gasteiger charge is 2.38. The van der Waals surface area contributed by atoms with E-state index in [4.69, 9.17) is 11.6 Å². The molecule has 0 aromatic heterocycles. The topological polar surface area (TPSA) is 62.9 Å². The molecular weight excluding hydrogens is 456 g/mol. The second-order valence-electron chi connectivity index (χ2n) is 9.22. The molecule has 4 heterocycles. The Labute approximate surface area is 203 Å². The Balaban J connectivity index is 1.21. The predicted octanol–water partition coefficient (Wildman–Crippen LogP) is 2.37. The van der Waals surface area contributed by atoms with Crippen LogP contribution in [0.25, 0.3) is 5.70 Å². The van der Waals surface area contributed by atoms with Crippen molar-refractivity contribution in [3.05, 3.63) is 63.6 Å². The van der Waals surface area contributed by atoms with Gasteiger partial charge in [0, 0.05) is 61.0 Å². The number of rotatable bonds is 5. The monoisotopic (exact) mass is 484 g/mol. The first-order valence-electron chi connectivity index (χ1n) is 11.7. The van der Waals surface area contributed by atoms with E-state index in [0.29, 0.717) is 5.92 Å². The van der Waals surface area contributed by atoms with E-state index in [1.807, 2.05) is 22.4 Å². The van der Waals surface area contributed by atoms with Gasteiger partial charge in [0.1, 0.15) is 11.9 Å². The SMILES string of the molecule is O=C(C1=CSCN1)N1CCN(CC2=C(c3ccc(Cl)cc3)NC3CNC(C4CC4)=CN23)CC1. The van der Waals surface area contributed by atoms with Gasteiger partial charge < -0.3 is 25.8 Å². The third-order valence-electron chi connectivity index (χ3n) is 6.99. The maximum absolute atomic E-state index is 12.7. The van der Waals surface area contributed by atoms with Gasteiger partial charge in [-0.05, 0) is 30.5 Å². The smallest absolute Gasteiger partial charge is 0.270 e. The minimum atomic E-state index is 0.127. The Morgan fingerprint density at radius 1 is 1.09 bits per heavy atom. The number of hydrogen-bond donors (Lipinski definition) is 3. The van der Waals surface area contributed by atoms with E-state index >= 15 is 0 Å². The van der Waals surface area contributed by atoms with E-state index in [1.165, 1.54) is 29.9 Å². The third-order valence-corrected chi connectivity index (χ3v) is 7.95. The largest absolute Gasteiger partial charge is 0.383 e. The lowest BCUT2D eigenvalue weighted by atomic mass is 10.1. The van der Waals surface area contributed by atoms with Gasteiger partial charge >= 0.3 is 0 Å². The molecule has 174 valence electrons. The maximum atomic E-state index is 12.7. The average molecular weight is 485 g/mol. The Morgan fingerprint density at radius 3 is 2.58 bits per heavy atom. The molecule has 1 amide bonds. The van der Waals surface area contributed by atoms with Crippen molar-refractivity contribution in [1.82, 2.24) is 30.7 Å². The fourth-order valence-corrected chi connectivity index (χ4v) is 5.74. The van der Waals surface area contributed by atoms with Crippen molar-refractivity contribution in [2.45, 2.75) is 19.0 Å². The normalized spacial score (nSPS) is 25.2. The van der Waals surface area contributed by atoms with Crippen molar-refractivity contribution in [2.75, 3.05) is 45.1 Å². The minimum Gasteiger partial charge on any atom is -0.383 e.